The number of morpholine rings is 1. The molecule has 1 amide bonds. The number of rotatable bonds is 7. The normalized spacial score (nSPS) is 22.2. The van der Waals surface area contributed by atoms with Crippen molar-refractivity contribution in [2.45, 2.75) is 45.4 Å². The maximum atomic E-state index is 11.8. The molecule has 1 aromatic rings. The summed E-state index contributed by atoms with van der Waals surface area (Å²) in [4.78, 5) is 18.6. The van der Waals surface area contributed by atoms with Gasteiger partial charge in [0.05, 0.1) is 18.8 Å². The van der Waals surface area contributed by atoms with Crippen LogP contribution in [0.3, 0.4) is 0 Å². The van der Waals surface area contributed by atoms with Crippen molar-refractivity contribution < 1.29 is 9.53 Å². The van der Waals surface area contributed by atoms with Crippen LogP contribution in [0.4, 0.5) is 5.82 Å². The van der Waals surface area contributed by atoms with E-state index in [2.05, 4.69) is 34.4 Å². The van der Waals surface area contributed by atoms with Crippen LogP contribution in [-0.2, 0) is 16.1 Å². The zero-order valence-electron chi connectivity index (χ0n) is 15.4. The second kappa shape index (κ2) is 10.9. The fourth-order valence-corrected chi connectivity index (χ4v) is 3.05. The number of anilines is 1. The number of hydrogen-bond acceptors (Lipinski definition) is 5. The number of nitrogens with one attached hydrogen (secondary N) is 2. The summed E-state index contributed by atoms with van der Waals surface area (Å²) in [5.41, 5.74) is 1.02. The molecule has 1 saturated heterocycles. The molecule has 6 nitrogen and oxygen atoms in total. The van der Waals surface area contributed by atoms with Crippen LogP contribution in [0.25, 0.3) is 0 Å². The first-order valence-electron chi connectivity index (χ1n) is 8.93. The quantitative estimate of drug-likeness (QED) is 0.728. The van der Waals surface area contributed by atoms with Crippen LogP contribution < -0.4 is 15.5 Å². The minimum absolute atomic E-state index is 0. The molecule has 0 spiro atoms. The third-order valence-corrected chi connectivity index (χ3v) is 4.46. The van der Waals surface area contributed by atoms with Crippen molar-refractivity contribution in [1.82, 2.24) is 15.6 Å². The summed E-state index contributed by atoms with van der Waals surface area (Å²) < 4.78 is 5.75. The number of carbonyl (C=O) groups is 1. The van der Waals surface area contributed by atoms with Crippen molar-refractivity contribution in [3.63, 3.8) is 0 Å². The molecule has 2 unspecified atom stereocenters. The van der Waals surface area contributed by atoms with Gasteiger partial charge in [0.1, 0.15) is 5.82 Å². The summed E-state index contributed by atoms with van der Waals surface area (Å²) in [6.07, 6.45) is 4.88. The number of amides is 1. The van der Waals surface area contributed by atoms with Crippen molar-refractivity contribution in [3.05, 3.63) is 23.9 Å². The Labute approximate surface area is 168 Å². The van der Waals surface area contributed by atoms with E-state index < -0.39 is 0 Å². The number of hydrogen-bond donors (Lipinski definition) is 2. The van der Waals surface area contributed by atoms with Gasteiger partial charge in [-0.3, -0.25) is 4.79 Å². The molecule has 0 aromatic carbocycles. The average molecular weight is 405 g/mol. The molecule has 2 aliphatic rings. The number of pyridine rings is 1. The highest BCUT2D eigenvalue weighted by Crippen LogP contribution is 2.27. The molecule has 2 N–H and O–H groups in total. The molecule has 1 saturated carbocycles. The Morgan fingerprint density at radius 1 is 1.23 bits per heavy atom. The van der Waals surface area contributed by atoms with Crippen molar-refractivity contribution in [2.75, 3.05) is 31.1 Å². The van der Waals surface area contributed by atoms with E-state index in [-0.39, 0.29) is 42.9 Å². The van der Waals surface area contributed by atoms with Crippen LogP contribution in [0.15, 0.2) is 18.3 Å². The molecular formula is C18H30Cl2N4O2. The van der Waals surface area contributed by atoms with E-state index in [1.54, 1.807) is 0 Å². The molecule has 0 bridgehead atoms. The Hall–Kier alpha value is -1.08. The molecule has 1 aromatic heterocycles. The van der Waals surface area contributed by atoms with Gasteiger partial charge in [-0.15, -0.1) is 24.8 Å². The molecule has 2 fully saturated rings. The fourth-order valence-electron chi connectivity index (χ4n) is 3.05. The molecule has 8 heteroatoms. The minimum Gasteiger partial charge on any atom is -0.372 e. The third-order valence-electron chi connectivity index (χ3n) is 4.46. The lowest BCUT2D eigenvalue weighted by molar-refractivity contribution is -0.120. The van der Waals surface area contributed by atoms with Crippen LogP contribution in [-0.4, -0.2) is 49.3 Å². The van der Waals surface area contributed by atoms with E-state index >= 15 is 0 Å². The van der Waals surface area contributed by atoms with Gasteiger partial charge in [0.25, 0.3) is 0 Å². The topological polar surface area (TPSA) is 66.5 Å². The molecular weight excluding hydrogens is 375 g/mol. The molecule has 3 rings (SSSR count). The largest absolute Gasteiger partial charge is 0.372 e. The predicted molar refractivity (Wildman–Crippen MR) is 108 cm³/mol. The summed E-state index contributed by atoms with van der Waals surface area (Å²) in [6, 6.07) is 4.06. The van der Waals surface area contributed by atoms with Gasteiger partial charge in [0.2, 0.25) is 5.91 Å². The van der Waals surface area contributed by atoms with Gasteiger partial charge in [0, 0.05) is 25.8 Å². The number of halogens is 2. The van der Waals surface area contributed by atoms with Crippen molar-refractivity contribution >= 4 is 36.5 Å². The lowest BCUT2D eigenvalue weighted by Gasteiger charge is -2.36. The average Bonchev–Trinajstić information content (AvgIpc) is 3.37. The van der Waals surface area contributed by atoms with Crippen LogP contribution >= 0.6 is 24.8 Å². The second-order valence-electron chi connectivity index (χ2n) is 7.04. The fraction of sp³-hybridized carbons (Fsp3) is 0.667. The molecule has 0 radical (unpaired) electrons. The summed E-state index contributed by atoms with van der Waals surface area (Å²) >= 11 is 0. The van der Waals surface area contributed by atoms with Crippen LogP contribution in [0.1, 0.15) is 32.3 Å². The molecule has 148 valence electrons. The zero-order chi connectivity index (χ0) is 16.9. The highest BCUT2D eigenvalue weighted by Gasteiger charge is 2.23. The van der Waals surface area contributed by atoms with Crippen molar-refractivity contribution in [3.8, 4) is 0 Å². The van der Waals surface area contributed by atoms with E-state index in [0.717, 1.165) is 36.9 Å². The van der Waals surface area contributed by atoms with Gasteiger partial charge in [-0.1, -0.05) is 6.07 Å². The van der Waals surface area contributed by atoms with E-state index in [0.29, 0.717) is 13.1 Å². The summed E-state index contributed by atoms with van der Waals surface area (Å²) in [7, 11) is 0. The Bertz CT molecular complexity index is 545. The highest BCUT2D eigenvalue weighted by atomic mass is 35.5. The Morgan fingerprint density at radius 3 is 2.50 bits per heavy atom. The third kappa shape index (κ3) is 7.27. The first-order valence-corrected chi connectivity index (χ1v) is 8.93. The molecule has 26 heavy (non-hydrogen) atoms. The Kier molecular flexibility index (Phi) is 9.64. The monoisotopic (exact) mass is 404 g/mol. The summed E-state index contributed by atoms with van der Waals surface area (Å²) in [5, 5.41) is 6.13. The minimum atomic E-state index is 0. The number of nitrogens with zero attached hydrogens (tertiary/aromatic N) is 2. The van der Waals surface area contributed by atoms with Gasteiger partial charge in [0.15, 0.2) is 0 Å². The van der Waals surface area contributed by atoms with Crippen molar-refractivity contribution in [2.24, 2.45) is 5.92 Å². The van der Waals surface area contributed by atoms with Gasteiger partial charge in [-0.2, -0.15) is 0 Å². The highest BCUT2D eigenvalue weighted by molar-refractivity contribution is 5.85. The maximum absolute atomic E-state index is 11.8. The van der Waals surface area contributed by atoms with Crippen molar-refractivity contribution in [1.29, 1.82) is 0 Å². The van der Waals surface area contributed by atoms with Crippen LogP contribution in [0.2, 0.25) is 0 Å². The Morgan fingerprint density at radius 2 is 1.92 bits per heavy atom. The second-order valence-corrected chi connectivity index (χ2v) is 7.04. The number of aromatic nitrogens is 1. The van der Waals surface area contributed by atoms with E-state index in [4.69, 9.17) is 4.74 Å². The van der Waals surface area contributed by atoms with Gasteiger partial charge in [-0.25, -0.2) is 4.98 Å². The maximum Gasteiger partial charge on any atom is 0.234 e. The predicted octanol–water partition coefficient (Wildman–Crippen LogP) is 2.15. The van der Waals surface area contributed by atoms with Gasteiger partial charge in [-0.05, 0) is 50.8 Å². The lowest BCUT2D eigenvalue weighted by Crippen LogP contribution is -2.45. The zero-order valence-corrected chi connectivity index (χ0v) is 17.1. The lowest BCUT2D eigenvalue weighted by atomic mass is 10.2. The number of ether oxygens (including phenoxy) is 1. The van der Waals surface area contributed by atoms with Crippen LogP contribution in [0, 0.1) is 5.92 Å². The molecule has 1 aliphatic heterocycles. The van der Waals surface area contributed by atoms with E-state index in [1.807, 2.05) is 18.3 Å². The first-order chi connectivity index (χ1) is 11.6. The first kappa shape index (κ1) is 23.0. The smallest absolute Gasteiger partial charge is 0.234 e. The summed E-state index contributed by atoms with van der Waals surface area (Å²) in [6.45, 7) is 7.77. The van der Waals surface area contributed by atoms with Gasteiger partial charge >= 0.3 is 0 Å². The van der Waals surface area contributed by atoms with E-state index in [1.165, 1.54) is 12.8 Å². The SMILES string of the molecule is CC1CN(c2ccc(CNC(=O)CNCC3CC3)cn2)CC(C)O1.Cl.Cl. The number of carbonyl (C=O) groups excluding carboxylic acids is 1. The van der Waals surface area contributed by atoms with Crippen LogP contribution in [0.5, 0.6) is 0 Å². The standard InChI is InChI=1S/C18H28N4O2.2ClH/c1-13-11-22(12-14(2)24-13)17-6-5-16(8-20-17)9-21-18(23)10-19-7-15-3-4-15;;/h5-6,8,13-15,19H,3-4,7,9-12H2,1-2H3,(H,21,23);2*1H. The summed E-state index contributed by atoms with van der Waals surface area (Å²) in [5.74, 6) is 1.80. The molecule has 2 atom stereocenters. The molecule has 2 heterocycles. The molecule has 1 aliphatic carbocycles. The van der Waals surface area contributed by atoms with E-state index in [9.17, 15) is 4.79 Å². The van der Waals surface area contributed by atoms with Gasteiger partial charge < -0.3 is 20.3 Å². The Balaban J connectivity index is 0.00000169.